The number of methoxy groups -OCH3 is 1. The van der Waals surface area contributed by atoms with Crippen LogP contribution in [-0.2, 0) is 14.3 Å². The molecule has 0 aromatic carbocycles. The van der Waals surface area contributed by atoms with Crippen LogP contribution in [0.3, 0.4) is 0 Å². The van der Waals surface area contributed by atoms with Crippen LogP contribution in [-0.4, -0.2) is 30.2 Å². The molecule has 0 spiro atoms. The summed E-state index contributed by atoms with van der Waals surface area (Å²) in [6, 6.07) is -0.703. The van der Waals surface area contributed by atoms with Crippen LogP contribution in [0.25, 0.3) is 0 Å². The van der Waals surface area contributed by atoms with Gasteiger partial charge in [-0.1, -0.05) is 13.8 Å². The number of carbonyl (C=O) groups is 2. The van der Waals surface area contributed by atoms with Crippen molar-refractivity contribution in [2.24, 2.45) is 5.92 Å². The smallest absolute Gasteiger partial charge is 1.00 e. The first-order chi connectivity index (χ1) is 6.88. The summed E-state index contributed by atoms with van der Waals surface area (Å²) in [6.07, 6.45) is 1.22. The van der Waals surface area contributed by atoms with Gasteiger partial charge in [0.1, 0.15) is 6.04 Å². The number of carbonyl (C=O) groups excluding carboxylic acids is 1. The van der Waals surface area contributed by atoms with Crippen molar-refractivity contribution in [3.63, 3.8) is 0 Å². The van der Waals surface area contributed by atoms with E-state index in [0.29, 0.717) is 5.70 Å². The average molecular weight is 255 g/mol. The third-order valence-electron chi connectivity index (χ3n) is 1.85. The molecule has 0 aliphatic carbocycles. The summed E-state index contributed by atoms with van der Waals surface area (Å²) in [5.74, 6) is -1.51. The Hall–Kier alpha value is 0.116. The van der Waals surface area contributed by atoms with Gasteiger partial charge in [0.05, 0.1) is 7.11 Å². The largest absolute Gasteiger partial charge is 1.00 e. The molecule has 2 N–H and O–H groups in total. The van der Waals surface area contributed by atoms with Gasteiger partial charge >= 0.3 is 63.3 Å². The quantitative estimate of drug-likeness (QED) is 0.334. The van der Waals surface area contributed by atoms with Gasteiger partial charge in [0.25, 0.3) is 0 Å². The number of hydrogen-bond donors (Lipinski definition) is 2. The Morgan fingerprint density at radius 3 is 2.25 bits per heavy atom. The SMILES string of the molecule is COC(=O)/C=C(/C)N[C@@H](C(=O)O)C(C)C.[H-].[K+]. The van der Waals surface area contributed by atoms with Gasteiger partial charge in [0.2, 0.25) is 0 Å². The Morgan fingerprint density at radius 1 is 1.44 bits per heavy atom. The van der Waals surface area contributed by atoms with Crippen molar-refractivity contribution in [1.82, 2.24) is 5.32 Å². The van der Waals surface area contributed by atoms with Gasteiger partial charge in [0, 0.05) is 11.8 Å². The maximum Gasteiger partial charge on any atom is 1.00 e. The molecule has 0 rings (SSSR count). The summed E-state index contributed by atoms with van der Waals surface area (Å²) in [6.45, 7) is 5.20. The van der Waals surface area contributed by atoms with E-state index in [1.807, 2.05) is 0 Å². The summed E-state index contributed by atoms with van der Waals surface area (Å²) in [5.41, 5.74) is 0.475. The van der Waals surface area contributed by atoms with Gasteiger partial charge < -0.3 is 16.6 Å². The number of hydrogen-bond acceptors (Lipinski definition) is 4. The molecule has 0 aliphatic heterocycles. The minimum Gasteiger partial charge on any atom is -1.00 e. The molecule has 0 aliphatic rings. The summed E-state index contributed by atoms with van der Waals surface area (Å²) in [7, 11) is 1.27. The summed E-state index contributed by atoms with van der Waals surface area (Å²) < 4.78 is 4.42. The number of esters is 1. The van der Waals surface area contributed by atoms with Crippen molar-refractivity contribution in [2.75, 3.05) is 7.11 Å². The van der Waals surface area contributed by atoms with E-state index in [0.717, 1.165) is 0 Å². The van der Waals surface area contributed by atoms with Gasteiger partial charge in [0.15, 0.2) is 0 Å². The Bertz CT molecular complexity index is 281. The van der Waals surface area contributed by atoms with Crippen molar-refractivity contribution < 1.29 is 72.2 Å². The normalized spacial score (nSPS) is 12.7. The molecule has 0 heterocycles. The third kappa shape index (κ3) is 7.40. The zero-order chi connectivity index (χ0) is 12.0. The zero-order valence-corrected chi connectivity index (χ0v) is 13.5. The molecule has 0 unspecified atom stereocenters. The Balaban J connectivity index is -0.000000980. The fourth-order valence-electron chi connectivity index (χ4n) is 1.04. The zero-order valence-electron chi connectivity index (χ0n) is 11.4. The van der Waals surface area contributed by atoms with Crippen LogP contribution in [0, 0.1) is 5.92 Å². The summed E-state index contributed by atoms with van der Waals surface area (Å²) in [4.78, 5) is 21.7. The second kappa shape index (κ2) is 9.18. The monoisotopic (exact) mass is 255 g/mol. The predicted octanol–water partition coefficient (Wildman–Crippen LogP) is -2.12. The van der Waals surface area contributed by atoms with E-state index >= 15 is 0 Å². The van der Waals surface area contributed by atoms with Crippen LogP contribution in [0.2, 0.25) is 0 Å². The molecular weight excluding hydrogens is 237 g/mol. The van der Waals surface area contributed by atoms with E-state index in [9.17, 15) is 9.59 Å². The molecule has 0 aromatic heterocycles. The number of carboxylic acids is 1. The first-order valence-corrected chi connectivity index (χ1v) is 4.64. The van der Waals surface area contributed by atoms with E-state index < -0.39 is 18.0 Å². The standard InChI is InChI=1S/C10H17NO4.K.H/c1-6(2)9(10(13)14)11-7(3)5-8(12)15-4;;/h5-6,9,11H,1-4H3,(H,13,14);;/q;+1;-1/b7-5-;;/t9-;;/m1../s1. The van der Waals surface area contributed by atoms with E-state index in [4.69, 9.17) is 5.11 Å². The van der Waals surface area contributed by atoms with E-state index in [1.54, 1.807) is 20.8 Å². The molecule has 0 saturated carbocycles. The number of nitrogens with one attached hydrogen (secondary N) is 1. The molecule has 5 nitrogen and oxygen atoms in total. The molecule has 0 amide bonds. The first-order valence-electron chi connectivity index (χ1n) is 4.64. The number of ether oxygens (including phenoxy) is 1. The Labute approximate surface area is 140 Å². The molecule has 0 aromatic rings. The van der Waals surface area contributed by atoms with Crippen LogP contribution in [0.1, 0.15) is 22.2 Å². The van der Waals surface area contributed by atoms with Crippen LogP contribution < -0.4 is 56.7 Å². The van der Waals surface area contributed by atoms with Crippen LogP contribution in [0.4, 0.5) is 0 Å². The number of carboxylic acid groups (broad SMARTS) is 1. The van der Waals surface area contributed by atoms with Gasteiger partial charge in [-0.15, -0.1) is 0 Å². The molecule has 0 saturated heterocycles. The summed E-state index contributed by atoms with van der Waals surface area (Å²) in [5, 5.41) is 11.6. The fourth-order valence-corrected chi connectivity index (χ4v) is 1.04. The van der Waals surface area contributed by atoms with E-state index in [1.165, 1.54) is 13.2 Å². The second-order valence-corrected chi connectivity index (χ2v) is 3.55. The molecule has 1 atom stereocenters. The minimum atomic E-state index is -0.942. The first kappa shape index (κ1) is 18.5. The molecule has 0 fully saturated rings. The topological polar surface area (TPSA) is 75.6 Å². The molecule has 0 radical (unpaired) electrons. The minimum absolute atomic E-state index is 0. The van der Waals surface area contributed by atoms with Gasteiger partial charge in [-0.2, -0.15) is 0 Å². The van der Waals surface area contributed by atoms with Crippen LogP contribution in [0.5, 0.6) is 0 Å². The molecule has 6 heteroatoms. The molecule has 16 heavy (non-hydrogen) atoms. The molecular formula is C10H18KNO4. The second-order valence-electron chi connectivity index (χ2n) is 3.55. The predicted molar refractivity (Wildman–Crippen MR) is 56.3 cm³/mol. The van der Waals surface area contributed by atoms with Crippen molar-refractivity contribution in [1.29, 1.82) is 0 Å². The molecule has 0 bridgehead atoms. The maximum atomic E-state index is 10.9. The van der Waals surface area contributed by atoms with Crippen molar-refractivity contribution in [2.45, 2.75) is 26.8 Å². The number of aliphatic carboxylic acids is 1. The summed E-state index contributed by atoms with van der Waals surface area (Å²) >= 11 is 0. The number of allylic oxidation sites excluding steroid dienone is 1. The van der Waals surface area contributed by atoms with E-state index in [-0.39, 0.29) is 58.7 Å². The van der Waals surface area contributed by atoms with Crippen molar-refractivity contribution in [3.05, 3.63) is 11.8 Å². The average Bonchev–Trinajstić information content (AvgIpc) is 2.12. The Morgan fingerprint density at radius 2 is 1.94 bits per heavy atom. The van der Waals surface area contributed by atoms with Gasteiger partial charge in [-0.05, 0) is 12.8 Å². The molecule has 88 valence electrons. The van der Waals surface area contributed by atoms with Crippen LogP contribution >= 0.6 is 0 Å². The fraction of sp³-hybridized carbons (Fsp3) is 0.600. The van der Waals surface area contributed by atoms with E-state index in [2.05, 4.69) is 10.1 Å². The van der Waals surface area contributed by atoms with Crippen molar-refractivity contribution >= 4 is 11.9 Å². The van der Waals surface area contributed by atoms with Crippen LogP contribution in [0.15, 0.2) is 11.8 Å². The maximum absolute atomic E-state index is 10.9. The van der Waals surface area contributed by atoms with Gasteiger partial charge in [-0.25, -0.2) is 9.59 Å². The Kier molecular flexibility index (Phi) is 10.6. The number of rotatable bonds is 5. The third-order valence-corrected chi connectivity index (χ3v) is 1.85. The van der Waals surface area contributed by atoms with Crippen molar-refractivity contribution in [3.8, 4) is 0 Å². The van der Waals surface area contributed by atoms with Gasteiger partial charge in [-0.3, -0.25) is 0 Å².